The molecule has 0 aromatic carbocycles. The summed E-state index contributed by atoms with van der Waals surface area (Å²) in [5.41, 5.74) is 0. The second-order valence-corrected chi connectivity index (χ2v) is 3.45. The maximum absolute atomic E-state index is 9.76. The number of hydrogen-bond donors (Lipinski definition) is 2. The molecule has 2 nitrogen and oxygen atoms in total. The Kier molecular flexibility index (Phi) is 2.01. The predicted molar refractivity (Wildman–Crippen MR) is 31.4 cm³/mol. The Bertz CT molecular complexity index is 83.4. The van der Waals surface area contributed by atoms with Crippen molar-refractivity contribution in [3.05, 3.63) is 0 Å². The predicted octanol–water partition coefficient (Wildman–Crippen LogP) is -0.688. The van der Waals surface area contributed by atoms with E-state index >= 15 is 0 Å². The van der Waals surface area contributed by atoms with Gasteiger partial charge in [0, 0.05) is 0 Å². The zero-order valence-corrected chi connectivity index (χ0v) is 5.50. The van der Waals surface area contributed by atoms with Gasteiger partial charge in [0.05, 0.1) is 10.0 Å². The zero-order chi connectivity index (χ0) is 6.08. The standard InChI is InChI=1S/C3H6O2S2/c1-3(6,7)2(4)5/h6-7H,1H3,(H,4,5)/p-1. The molecule has 0 atom stereocenters. The van der Waals surface area contributed by atoms with Gasteiger partial charge in [-0.15, -0.1) is 0 Å². The molecule has 0 aliphatic rings. The molecule has 0 fully saturated rings. The molecular formula is C3H5O2S2-. The summed E-state index contributed by atoms with van der Waals surface area (Å²) in [5, 5.41) is 9.76. The summed E-state index contributed by atoms with van der Waals surface area (Å²) in [6.45, 7) is 1.33. The molecule has 0 aliphatic carbocycles. The maximum Gasteiger partial charge on any atom is 0.0918 e. The number of thiol groups is 2. The summed E-state index contributed by atoms with van der Waals surface area (Å²) < 4.78 is -1.31. The highest BCUT2D eigenvalue weighted by Gasteiger charge is 2.12. The molecule has 0 bridgehead atoms. The van der Waals surface area contributed by atoms with Crippen LogP contribution < -0.4 is 5.11 Å². The summed E-state index contributed by atoms with van der Waals surface area (Å²) in [6.07, 6.45) is 0. The Morgan fingerprint density at radius 2 is 1.86 bits per heavy atom. The largest absolute Gasteiger partial charge is 0.548 e. The van der Waals surface area contributed by atoms with E-state index in [4.69, 9.17) is 0 Å². The Hall–Kier alpha value is 0.170. The minimum atomic E-state index is -1.31. The molecule has 0 N–H and O–H groups in total. The second-order valence-electron chi connectivity index (χ2n) is 1.31. The number of carbonyl (C=O) groups is 1. The van der Waals surface area contributed by atoms with Crippen molar-refractivity contribution < 1.29 is 9.90 Å². The van der Waals surface area contributed by atoms with Crippen LogP contribution in [-0.2, 0) is 4.79 Å². The molecule has 0 aromatic rings. The average molecular weight is 137 g/mol. The third kappa shape index (κ3) is 2.82. The average Bonchev–Trinajstić information content (AvgIpc) is 1.31. The first-order valence-electron chi connectivity index (χ1n) is 1.61. The zero-order valence-electron chi connectivity index (χ0n) is 3.71. The van der Waals surface area contributed by atoms with Crippen LogP contribution in [-0.4, -0.2) is 10.0 Å². The van der Waals surface area contributed by atoms with E-state index in [2.05, 4.69) is 25.3 Å². The summed E-state index contributed by atoms with van der Waals surface area (Å²) in [7, 11) is 0. The van der Waals surface area contributed by atoms with Crippen molar-refractivity contribution >= 4 is 31.2 Å². The van der Waals surface area contributed by atoms with E-state index in [9.17, 15) is 9.90 Å². The number of rotatable bonds is 1. The van der Waals surface area contributed by atoms with Crippen molar-refractivity contribution in [1.82, 2.24) is 0 Å². The molecule has 0 spiro atoms. The van der Waals surface area contributed by atoms with E-state index in [1.165, 1.54) is 6.92 Å². The Morgan fingerprint density at radius 1 is 1.71 bits per heavy atom. The number of carboxylic acids is 1. The molecular weight excluding hydrogens is 132 g/mol. The lowest BCUT2D eigenvalue weighted by molar-refractivity contribution is -0.305. The number of aliphatic carboxylic acids is 1. The van der Waals surface area contributed by atoms with Crippen LogP contribution in [0, 0.1) is 0 Å². The topological polar surface area (TPSA) is 40.1 Å². The molecule has 0 aliphatic heterocycles. The summed E-state index contributed by atoms with van der Waals surface area (Å²) >= 11 is 7.10. The van der Waals surface area contributed by atoms with E-state index in [1.807, 2.05) is 0 Å². The fraction of sp³-hybridized carbons (Fsp3) is 0.667. The number of carbonyl (C=O) groups excluding carboxylic acids is 1. The molecule has 7 heavy (non-hydrogen) atoms. The minimum Gasteiger partial charge on any atom is -0.548 e. The smallest absolute Gasteiger partial charge is 0.0918 e. The van der Waals surface area contributed by atoms with Crippen molar-refractivity contribution in [1.29, 1.82) is 0 Å². The SMILES string of the molecule is CC(S)(S)C(=O)[O-]. The van der Waals surface area contributed by atoms with Gasteiger partial charge in [-0.2, -0.15) is 25.3 Å². The highest BCUT2D eigenvalue weighted by Crippen LogP contribution is 2.15. The summed E-state index contributed by atoms with van der Waals surface area (Å²) in [5.74, 6) is -1.28. The fourth-order valence-electron chi connectivity index (χ4n) is 0. The minimum absolute atomic E-state index is 1.28. The maximum atomic E-state index is 9.76. The van der Waals surface area contributed by atoms with Crippen molar-refractivity contribution in [2.24, 2.45) is 0 Å². The van der Waals surface area contributed by atoms with E-state index in [0.29, 0.717) is 0 Å². The van der Waals surface area contributed by atoms with Crippen LogP contribution >= 0.6 is 25.3 Å². The third-order valence-corrected chi connectivity index (χ3v) is 0.752. The first kappa shape index (κ1) is 7.17. The third-order valence-electron chi connectivity index (χ3n) is 0.387. The molecule has 0 heterocycles. The first-order chi connectivity index (χ1) is 2.94. The van der Waals surface area contributed by atoms with Crippen molar-refractivity contribution in [2.45, 2.75) is 11.0 Å². The molecule has 0 radical (unpaired) electrons. The van der Waals surface area contributed by atoms with Crippen LogP contribution in [0.1, 0.15) is 6.92 Å². The van der Waals surface area contributed by atoms with Crippen LogP contribution in [0.4, 0.5) is 0 Å². The van der Waals surface area contributed by atoms with Crippen LogP contribution in [0.2, 0.25) is 0 Å². The van der Waals surface area contributed by atoms with Gasteiger partial charge in [0.1, 0.15) is 0 Å². The van der Waals surface area contributed by atoms with Gasteiger partial charge >= 0.3 is 0 Å². The van der Waals surface area contributed by atoms with Crippen LogP contribution in [0.5, 0.6) is 0 Å². The molecule has 4 heteroatoms. The highest BCUT2D eigenvalue weighted by atomic mass is 32.2. The Balaban J connectivity index is 3.79. The molecule has 0 aromatic heterocycles. The van der Waals surface area contributed by atoms with Gasteiger partial charge in [-0.3, -0.25) is 0 Å². The van der Waals surface area contributed by atoms with Gasteiger partial charge < -0.3 is 9.90 Å². The van der Waals surface area contributed by atoms with Gasteiger partial charge in [-0.1, -0.05) is 0 Å². The fourth-order valence-corrected chi connectivity index (χ4v) is 0. The molecule has 0 amide bonds. The van der Waals surface area contributed by atoms with E-state index < -0.39 is 10.0 Å². The van der Waals surface area contributed by atoms with Gasteiger partial charge in [0.15, 0.2) is 0 Å². The van der Waals surface area contributed by atoms with Crippen molar-refractivity contribution in [3.63, 3.8) is 0 Å². The Labute approximate surface area is 52.7 Å². The van der Waals surface area contributed by atoms with Gasteiger partial charge in [0.25, 0.3) is 0 Å². The monoisotopic (exact) mass is 137 g/mol. The van der Waals surface area contributed by atoms with E-state index in [0.717, 1.165) is 0 Å². The van der Waals surface area contributed by atoms with Gasteiger partial charge in [0.2, 0.25) is 0 Å². The molecule has 42 valence electrons. The van der Waals surface area contributed by atoms with Crippen molar-refractivity contribution in [2.75, 3.05) is 0 Å². The first-order valence-corrected chi connectivity index (χ1v) is 2.50. The van der Waals surface area contributed by atoms with E-state index in [-0.39, 0.29) is 0 Å². The van der Waals surface area contributed by atoms with Crippen LogP contribution in [0.25, 0.3) is 0 Å². The molecule has 0 saturated heterocycles. The van der Waals surface area contributed by atoms with Crippen molar-refractivity contribution in [3.8, 4) is 0 Å². The quantitative estimate of drug-likeness (QED) is 0.371. The lowest BCUT2D eigenvalue weighted by Gasteiger charge is -2.15. The normalized spacial score (nSPS) is 11.3. The summed E-state index contributed by atoms with van der Waals surface area (Å²) in [6, 6.07) is 0. The lowest BCUT2D eigenvalue weighted by atomic mass is 10.5. The summed E-state index contributed by atoms with van der Waals surface area (Å²) in [4.78, 5) is 9.76. The van der Waals surface area contributed by atoms with Gasteiger partial charge in [-0.25, -0.2) is 0 Å². The van der Waals surface area contributed by atoms with Gasteiger partial charge in [-0.05, 0) is 6.92 Å². The number of hydrogen-bond acceptors (Lipinski definition) is 4. The Morgan fingerprint density at radius 3 is 1.86 bits per heavy atom. The second kappa shape index (κ2) is 1.96. The molecule has 0 unspecified atom stereocenters. The lowest BCUT2D eigenvalue weighted by Crippen LogP contribution is -2.37. The highest BCUT2D eigenvalue weighted by molar-refractivity contribution is 8.01. The van der Waals surface area contributed by atoms with Crippen LogP contribution in [0.3, 0.4) is 0 Å². The van der Waals surface area contributed by atoms with E-state index in [1.54, 1.807) is 0 Å². The van der Waals surface area contributed by atoms with Crippen LogP contribution in [0.15, 0.2) is 0 Å². The molecule has 0 rings (SSSR count). The number of carboxylic acid groups (broad SMARTS) is 1. The molecule has 0 saturated carbocycles.